The SMILES string of the molecule is O=C(CN[C@H](c1cccc(Cl)c1)c1ccccn1)NC1CC1. The van der Waals surface area contributed by atoms with Crippen molar-refractivity contribution in [3.63, 3.8) is 0 Å². The van der Waals surface area contributed by atoms with Crippen molar-refractivity contribution >= 4 is 17.5 Å². The summed E-state index contributed by atoms with van der Waals surface area (Å²) in [6.07, 6.45) is 3.92. The lowest BCUT2D eigenvalue weighted by atomic mass is 10.0. The Labute approximate surface area is 134 Å². The third-order valence-electron chi connectivity index (χ3n) is 3.57. The molecule has 22 heavy (non-hydrogen) atoms. The Kier molecular flexibility index (Phi) is 4.71. The summed E-state index contributed by atoms with van der Waals surface area (Å²) in [6, 6.07) is 13.6. The summed E-state index contributed by atoms with van der Waals surface area (Å²) in [4.78, 5) is 16.3. The predicted molar refractivity (Wildman–Crippen MR) is 86.7 cm³/mol. The van der Waals surface area contributed by atoms with Crippen molar-refractivity contribution in [3.8, 4) is 0 Å². The van der Waals surface area contributed by atoms with Crippen LogP contribution in [0.1, 0.15) is 30.1 Å². The van der Waals surface area contributed by atoms with Gasteiger partial charge in [-0.2, -0.15) is 0 Å². The van der Waals surface area contributed by atoms with Gasteiger partial charge >= 0.3 is 0 Å². The highest BCUT2D eigenvalue weighted by atomic mass is 35.5. The molecule has 0 aliphatic heterocycles. The number of nitrogens with zero attached hydrogens (tertiary/aromatic N) is 1. The topological polar surface area (TPSA) is 54.0 Å². The molecule has 3 rings (SSSR count). The summed E-state index contributed by atoms with van der Waals surface area (Å²) in [5.41, 5.74) is 1.86. The Morgan fingerprint density at radius 2 is 2.14 bits per heavy atom. The fourth-order valence-electron chi connectivity index (χ4n) is 2.33. The minimum absolute atomic E-state index is 0.0189. The Morgan fingerprint density at radius 1 is 1.27 bits per heavy atom. The van der Waals surface area contributed by atoms with Crippen LogP contribution < -0.4 is 10.6 Å². The van der Waals surface area contributed by atoms with E-state index < -0.39 is 0 Å². The van der Waals surface area contributed by atoms with E-state index in [0.29, 0.717) is 11.1 Å². The lowest BCUT2D eigenvalue weighted by Gasteiger charge is -2.19. The van der Waals surface area contributed by atoms with Gasteiger partial charge in [-0.15, -0.1) is 0 Å². The molecule has 1 atom stereocenters. The van der Waals surface area contributed by atoms with Gasteiger partial charge in [0.1, 0.15) is 0 Å². The number of carbonyl (C=O) groups excluding carboxylic acids is 1. The quantitative estimate of drug-likeness (QED) is 0.861. The highest BCUT2D eigenvalue weighted by Gasteiger charge is 2.24. The van der Waals surface area contributed by atoms with E-state index in [1.54, 1.807) is 6.20 Å². The van der Waals surface area contributed by atoms with Gasteiger partial charge in [0.15, 0.2) is 0 Å². The molecule has 1 aromatic carbocycles. The average molecular weight is 316 g/mol. The predicted octanol–water partition coefficient (Wildman–Crippen LogP) is 2.69. The average Bonchev–Trinajstić information content (AvgIpc) is 3.32. The minimum atomic E-state index is -0.162. The molecule has 1 heterocycles. The molecule has 0 radical (unpaired) electrons. The van der Waals surface area contributed by atoms with Crippen molar-refractivity contribution in [2.45, 2.75) is 24.9 Å². The van der Waals surface area contributed by atoms with Crippen LogP contribution in [-0.2, 0) is 4.79 Å². The van der Waals surface area contributed by atoms with Gasteiger partial charge in [-0.25, -0.2) is 0 Å². The molecule has 1 aliphatic carbocycles. The van der Waals surface area contributed by atoms with Crippen molar-refractivity contribution in [1.82, 2.24) is 15.6 Å². The van der Waals surface area contributed by atoms with E-state index in [1.165, 1.54) is 0 Å². The minimum Gasteiger partial charge on any atom is -0.352 e. The number of hydrogen-bond acceptors (Lipinski definition) is 3. The maximum absolute atomic E-state index is 11.9. The molecule has 114 valence electrons. The van der Waals surface area contributed by atoms with Gasteiger partial charge in [-0.05, 0) is 42.7 Å². The molecule has 1 fully saturated rings. The smallest absolute Gasteiger partial charge is 0.234 e. The molecular weight excluding hydrogens is 298 g/mol. The van der Waals surface area contributed by atoms with E-state index in [9.17, 15) is 4.79 Å². The summed E-state index contributed by atoms with van der Waals surface area (Å²) in [5, 5.41) is 6.92. The number of halogens is 1. The summed E-state index contributed by atoms with van der Waals surface area (Å²) in [7, 11) is 0. The second kappa shape index (κ2) is 6.90. The zero-order valence-electron chi connectivity index (χ0n) is 12.1. The molecule has 4 nitrogen and oxygen atoms in total. The highest BCUT2D eigenvalue weighted by Crippen LogP contribution is 2.23. The number of pyridine rings is 1. The molecular formula is C17H18ClN3O. The second-order valence-corrected chi connectivity index (χ2v) is 5.90. The van der Waals surface area contributed by atoms with E-state index in [0.717, 1.165) is 24.1 Å². The number of hydrogen-bond donors (Lipinski definition) is 2. The normalized spacial score (nSPS) is 15.3. The van der Waals surface area contributed by atoms with E-state index in [-0.39, 0.29) is 18.5 Å². The fraction of sp³-hybridized carbons (Fsp3) is 0.294. The van der Waals surface area contributed by atoms with Crippen molar-refractivity contribution in [2.75, 3.05) is 6.54 Å². The zero-order chi connectivity index (χ0) is 15.4. The fourth-order valence-corrected chi connectivity index (χ4v) is 2.53. The lowest BCUT2D eigenvalue weighted by Crippen LogP contribution is -2.37. The first kappa shape index (κ1) is 15.0. The number of benzene rings is 1. The molecule has 0 saturated heterocycles. The molecule has 2 aromatic rings. The number of rotatable bonds is 6. The van der Waals surface area contributed by atoms with Crippen molar-refractivity contribution < 1.29 is 4.79 Å². The summed E-state index contributed by atoms with van der Waals surface area (Å²) in [5.74, 6) is 0.0189. The summed E-state index contributed by atoms with van der Waals surface area (Å²) in [6.45, 7) is 0.254. The van der Waals surface area contributed by atoms with Gasteiger partial charge in [-0.3, -0.25) is 15.1 Å². The maximum Gasteiger partial charge on any atom is 0.234 e. The van der Waals surface area contributed by atoms with Crippen LogP contribution in [0.25, 0.3) is 0 Å². The van der Waals surface area contributed by atoms with Crippen LogP contribution in [0.5, 0.6) is 0 Å². The van der Waals surface area contributed by atoms with Crippen molar-refractivity contribution in [2.24, 2.45) is 0 Å². The molecule has 1 amide bonds. The Hall–Kier alpha value is -1.91. The van der Waals surface area contributed by atoms with Crippen LogP contribution in [0.4, 0.5) is 0 Å². The number of aromatic nitrogens is 1. The van der Waals surface area contributed by atoms with Crippen LogP contribution in [0.3, 0.4) is 0 Å². The standard InChI is InChI=1S/C17H18ClN3O/c18-13-5-3-4-12(10-13)17(15-6-1-2-9-19-15)20-11-16(22)21-14-7-8-14/h1-6,9-10,14,17,20H,7-8,11H2,(H,21,22)/t17-/m1/s1. The summed E-state index contributed by atoms with van der Waals surface area (Å²) < 4.78 is 0. The van der Waals surface area contributed by atoms with Gasteiger partial charge in [0.05, 0.1) is 18.3 Å². The first-order chi connectivity index (χ1) is 10.7. The second-order valence-electron chi connectivity index (χ2n) is 5.47. The largest absolute Gasteiger partial charge is 0.352 e. The third-order valence-corrected chi connectivity index (χ3v) is 3.81. The Bertz CT molecular complexity index is 643. The molecule has 2 N–H and O–H groups in total. The van der Waals surface area contributed by atoms with E-state index in [4.69, 9.17) is 11.6 Å². The highest BCUT2D eigenvalue weighted by molar-refractivity contribution is 6.30. The molecule has 1 aromatic heterocycles. The van der Waals surface area contributed by atoms with Crippen LogP contribution in [-0.4, -0.2) is 23.5 Å². The van der Waals surface area contributed by atoms with E-state index in [1.807, 2.05) is 42.5 Å². The monoisotopic (exact) mass is 315 g/mol. The van der Waals surface area contributed by atoms with Gasteiger partial charge in [-0.1, -0.05) is 29.8 Å². The number of carbonyl (C=O) groups is 1. The lowest BCUT2D eigenvalue weighted by molar-refractivity contribution is -0.120. The van der Waals surface area contributed by atoms with Crippen LogP contribution in [0.15, 0.2) is 48.7 Å². The van der Waals surface area contributed by atoms with Gasteiger partial charge < -0.3 is 5.32 Å². The molecule has 0 spiro atoms. The van der Waals surface area contributed by atoms with Crippen LogP contribution in [0.2, 0.25) is 5.02 Å². The summed E-state index contributed by atoms with van der Waals surface area (Å²) >= 11 is 6.09. The maximum atomic E-state index is 11.9. The molecule has 1 aliphatic rings. The van der Waals surface area contributed by atoms with Crippen molar-refractivity contribution in [3.05, 3.63) is 64.9 Å². The third kappa shape index (κ3) is 4.06. The zero-order valence-corrected chi connectivity index (χ0v) is 12.9. The van der Waals surface area contributed by atoms with Crippen LogP contribution in [0, 0.1) is 0 Å². The van der Waals surface area contributed by atoms with Crippen molar-refractivity contribution in [1.29, 1.82) is 0 Å². The molecule has 5 heteroatoms. The molecule has 1 saturated carbocycles. The first-order valence-corrected chi connectivity index (χ1v) is 7.79. The van der Waals surface area contributed by atoms with E-state index in [2.05, 4.69) is 15.6 Å². The first-order valence-electron chi connectivity index (χ1n) is 7.41. The van der Waals surface area contributed by atoms with E-state index >= 15 is 0 Å². The number of amides is 1. The molecule has 0 unspecified atom stereocenters. The Morgan fingerprint density at radius 3 is 2.82 bits per heavy atom. The van der Waals surface area contributed by atoms with Gasteiger partial charge in [0.25, 0.3) is 0 Å². The van der Waals surface area contributed by atoms with Gasteiger partial charge in [0.2, 0.25) is 5.91 Å². The van der Waals surface area contributed by atoms with Crippen LogP contribution >= 0.6 is 11.6 Å². The number of nitrogens with one attached hydrogen (secondary N) is 2. The molecule has 0 bridgehead atoms. The Balaban J connectivity index is 1.75. The van der Waals surface area contributed by atoms with Gasteiger partial charge in [0, 0.05) is 17.3 Å².